The van der Waals surface area contributed by atoms with Crippen LogP contribution in [0.5, 0.6) is 5.75 Å². The van der Waals surface area contributed by atoms with Gasteiger partial charge in [0.15, 0.2) is 0 Å². The molecule has 150 valence electrons. The normalized spacial score (nSPS) is 13.0. The van der Waals surface area contributed by atoms with Gasteiger partial charge in [0, 0.05) is 17.8 Å². The molecule has 29 heavy (non-hydrogen) atoms. The molecule has 2 heterocycles. The summed E-state index contributed by atoms with van der Waals surface area (Å²) in [7, 11) is 1.37. The maximum absolute atomic E-state index is 11.7. The van der Waals surface area contributed by atoms with Crippen LogP contribution in [-0.2, 0) is 16.8 Å². The Morgan fingerprint density at radius 3 is 2.34 bits per heavy atom. The fourth-order valence-corrected chi connectivity index (χ4v) is 3.25. The summed E-state index contributed by atoms with van der Waals surface area (Å²) in [6, 6.07) is 17.5. The van der Waals surface area contributed by atoms with Crippen LogP contribution in [0.1, 0.15) is 48.1 Å². The Bertz CT molecular complexity index is 938. The Labute approximate surface area is 171 Å². The van der Waals surface area contributed by atoms with Crippen LogP contribution in [0.2, 0.25) is 0 Å². The molecule has 3 rings (SSSR count). The van der Waals surface area contributed by atoms with Crippen molar-refractivity contribution in [2.45, 2.75) is 32.8 Å². The third-order valence-electron chi connectivity index (χ3n) is 5.44. The van der Waals surface area contributed by atoms with Crippen LogP contribution in [0.3, 0.4) is 0 Å². The van der Waals surface area contributed by atoms with Crippen LogP contribution in [0.4, 0.5) is 0 Å². The van der Waals surface area contributed by atoms with Crippen molar-refractivity contribution in [2.24, 2.45) is 5.92 Å². The molecule has 1 aromatic carbocycles. The molecule has 0 fully saturated rings. The summed E-state index contributed by atoms with van der Waals surface area (Å²) in [6.45, 7) is 6.93. The summed E-state index contributed by atoms with van der Waals surface area (Å²) in [5.74, 6) is 0.698. The summed E-state index contributed by atoms with van der Waals surface area (Å²) in [4.78, 5) is 20.5. The van der Waals surface area contributed by atoms with Gasteiger partial charge in [-0.1, -0.05) is 32.0 Å². The van der Waals surface area contributed by atoms with Gasteiger partial charge in [0.25, 0.3) is 0 Å². The van der Waals surface area contributed by atoms with Gasteiger partial charge in [-0.15, -0.1) is 0 Å². The van der Waals surface area contributed by atoms with E-state index in [0.717, 1.165) is 22.7 Å². The third kappa shape index (κ3) is 4.45. The maximum Gasteiger partial charge on any atom is 0.339 e. The predicted molar refractivity (Wildman–Crippen MR) is 112 cm³/mol. The monoisotopic (exact) mass is 390 g/mol. The van der Waals surface area contributed by atoms with Crippen molar-refractivity contribution in [2.75, 3.05) is 7.11 Å². The summed E-state index contributed by atoms with van der Waals surface area (Å²) in [5, 5.41) is 0. The molecule has 0 amide bonds. The number of rotatable bonds is 7. The summed E-state index contributed by atoms with van der Waals surface area (Å²) in [5.41, 5.74) is 3.06. The lowest BCUT2D eigenvalue weighted by Gasteiger charge is -2.34. The van der Waals surface area contributed by atoms with Gasteiger partial charge in [0.05, 0.1) is 24.1 Å². The molecule has 1 unspecified atom stereocenters. The lowest BCUT2D eigenvalue weighted by Crippen LogP contribution is -2.31. The van der Waals surface area contributed by atoms with Gasteiger partial charge in [-0.25, -0.2) is 4.79 Å². The summed E-state index contributed by atoms with van der Waals surface area (Å²) < 4.78 is 10.6. The van der Waals surface area contributed by atoms with Crippen molar-refractivity contribution in [3.8, 4) is 5.75 Å². The zero-order valence-corrected chi connectivity index (χ0v) is 17.3. The van der Waals surface area contributed by atoms with E-state index in [4.69, 9.17) is 9.47 Å². The first-order valence-corrected chi connectivity index (χ1v) is 9.63. The minimum atomic E-state index is -0.385. The predicted octanol–water partition coefficient (Wildman–Crippen LogP) is 4.80. The molecule has 0 N–H and O–H groups in total. The fourth-order valence-electron chi connectivity index (χ4n) is 3.25. The Hall–Kier alpha value is -3.21. The molecule has 5 nitrogen and oxygen atoms in total. The smallest absolute Gasteiger partial charge is 0.339 e. The summed E-state index contributed by atoms with van der Waals surface area (Å²) >= 11 is 0. The molecule has 0 bridgehead atoms. The molecule has 1 atom stereocenters. The Morgan fingerprint density at radius 1 is 1.03 bits per heavy atom. The van der Waals surface area contributed by atoms with Crippen molar-refractivity contribution in [1.29, 1.82) is 0 Å². The first kappa shape index (κ1) is 20.5. The highest BCUT2D eigenvalue weighted by Crippen LogP contribution is 2.38. The van der Waals surface area contributed by atoms with Gasteiger partial charge in [0.2, 0.25) is 0 Å². The first-order valence-electron chi connectivity index (χ1n) is 9.63. The number of esters is 1. The van der Waals surface area contributed by atoms with Gasteiger partial charge >= 0.3 is 5.97 Å². The number of carbonyl (C=O) groups is 1. The highest BCUT2D eigenvalue weighted by atomic mass is 16.5. The van der Waals surface area contributed by atoms with Crippen LogP contribution >= 0.6 is 0 Å². The van der Waals surface area contributed by atoms with E-state index in [1.165, 1.54) is 7.11 Å². The highest BCUT2D eigenvalue weighted by Gasteiger charge is 2.34. The van der Waals surface area contributed by atoms with E-state index < -0.39 is 0 Å². The van der Waals surface area contributed by atoms with Gasteiger partial charge < -0.3 is 9.47 Å². The maximum atomic E-state index is 11.7. The minimum absolute atomic E-state index is 0.291. The van der Waals surface area contributed by atoms with Gasteiger partial charge in [-0.2, -0.15) is 0 Å². The Balaban J connectivity index is 1.82. The first-order chi connectivity index (χ1) is 13.9. The van der Waals surface area contributed by atoms with E-state index in [2.05, 4.69) is 42.9 Å². The zero-order chi connectivity index (χ0) is 20.9. The van der Waals surface area contributed by atoms with Crippen LogP contribution in [0.15, 0.2) is 67.0 Å². The molecule has 0 saturated carbocycles. The van der Waals surface area contributed by atoms with E-state index >= 15 is 0 Å². The molecular formula is C24H26N2O3. The SMILES string of the molecule is COC(=O)c1ccc(C(C)(c2ccc(OCc3ccccn3)cc2)C(C)C)nc1. The van der Waals surface area contributed by atoms with Crippen LogP contribution in [0, 0.1) is 5.92 Å². The second kappa shape index (κ2) is 8.86. The van der Waals surface area contributed by atoms with E-state index in [1.54, 1.807) is 18.5 Å². The summed E-state index contributed by atoms with van der Waals surface area (Å²) in [6.07, 6.45) is 3.33. The average molecular weight is 390 g/mol. The second-order valence-corrected chi connectivity index (χ2v) is 7.41. The average Bonchev–Trinajstić information content (AvgIpc) is 2.77. The number of nitrogens with zero attached hydrogens (tertiary/aromatic N) is 2. The van der Waals surface area contributed by atoms with Crippen molar-refractivity contribution in [1.82, 2.24) is 9.97 Å². The molecule has 2 aromatic heterocycles. The molecule has 0 radical (unpaired) electrons. The van der Waals surface area contributed by atoms with E-state index in [0.29, 0.717) is 18.1 Å². The van der Waals surface area contributed by atoms with Crippen LogP contribution in [-0.4, -0.2) is 23.0 Å². The molecule has 3 aromatic rings. The number of aromatic nitrogens is 2. The standard InChI is InChI=1S/C24H26N2O3/c1-17(2)24(3,22-13-8-18(15-26-22)23(27)28-4)19-9-11-21(12-10-19)29-16-20-7-5-6-14-25-20/h5-15,17H,16H2,1-4H3. The largest absolute Gasteiger partial charge is 0.487 e. The number of hydrogen-bond acceptors (Lipinski definition) is 5. The van der Waals surface area contributed by atoms with Crippen molar-refractivity contribution in [3.05, 3.63) is 89.5 Å². The molecule has 0 spiro atoms. The zero-order valence-electron chi connectivity index (χ0n) is 17.3. The topological polar surface area (TPSA) is 61.3 Å². The van der Waals surface area contributed by atoms with E-state index in [1.807, 2.05) is 36.4 Å². The molecule has 0 aliphatic rings. The van der Waals surface area contributed by atoms with Crippen LogP contribution in [0.25, 0.3) is 0 Å². The molecule has 5 heteroatoms. The van der Waals surface area contributed by atoms with Crippen molar-refractivity contribution in [3.63, 3.8) is 0 Å². The number of carbonyl (C=O) groups excluding carboxylic acids is 1. The number of methoxy groups -OCH3 is 1. The number of ether oxygens (including phenoxy) is 2. The van der Waals surface area contributed by atoms with Gasteiger partial charge in [0.1, 0.15) is 12.4 Å². The van der Waals surface area contributed by atoms with Crippen molar-refractivity contribution < 1.29 is 14.3 Å². The Kier molecular flexibility index (Phi) is 6.27. The second-order valence-electron chi connectivity index (χ2n) is 7.41. The van der Waals surface area contributed by atoms with Gasteiger partial charge in [-0.3, -0.25) is 9.97 Å². The number of hydrogen-bond donors (Lipinski definition) is 0. The molecule has 0 aliphatic carbocycles. The highest BCUT2D eigenvalue weighted by molar-refractivity contribution is 5.88. The molecule has 0 saturated heterocycles. The molecular weight excluding hydrogens is 364 g/mol. The van der Waals surface area contributed by atoms with E-state index in [-0.39, 0.29) is 11.4 Å². The minimum Gasteiger partial charge on any atom is -0.487 e. The Morgan fingerprint density at radius 2 is 1.79 bits per heavy atom. The third-order valence-corrected chi connectivity index (χ3v) is 5.44. The quantitative estimate of drug-likeness (QED) is 0.542. The number of pyridine rings is 2. The lowest BCUT2D eigenvalue weighted by atomic mass is 9.70. The van der Waals surface area contributed by atoms with Crippen molar-refractivity contribution >= 4 is 5.97 Å². The van der Waals surface area contributed by atoms with E-state index in [9.17, 15) is 4.79 Å². The molecule has 0 aliphatic heterocycles. The fraction of sp³-hybridized carbons (Fsp3) is 0.292. The number of benzene rings is 1. The van der Waals surface area contributed by atoms with Crippen LogP contribution < -0.4 is 4.74 Å². The van der Waals surface area contributed by atoms with Gasteiger partial charge in [-0.05, 0) is 54.8 Å². The lowest BCUT2D eigenvalue weighted by molar-refractivity contribution is 0.0600.